The molecule has 16 heavy (non-hydrogen) atoms. The smallest absolute Gasteiger partial charge is 0.137 e. The number of hydrogen-bond donors (Lipinski definition) is 2. The Morgan fingerprint density at radius 1 is 1.50 bits per heavy atom. The third-order valence-electron chi connectivity index (χ3n) is 2.61. The standard InChI is InChI=1S/C10H16N4O2/c11-5-9(15)8-6-12-7-13-10(8)14-1-3-16-4-2-14/h6-7,9,15H,1-5,11H2. The molecule has 1 aromatic rings. The van der Waals surface area contributed by atoms with Gasteiger partial charge in [0, 0.05) is 31.4 Å². The Bertz CT molecular complexity index is 341. The first-order valence-electron chi connectivity index (χ1n) is 5.33. The van der Waals surface area contributed by atoms with Gasteiger partial charge in [-0.05, 0) is 0 Å². The molecule has 0 aliphatic carbocycles. The summed E-state index contributed by atoms with van der Waals surface area (Å²) in [7, 11) is 0. The summed E-state index contributed by atoms with van der Waals surface area (Å²) in [5.41, 5.74) is 6.14. The molecule has 0 saturated carbocycles. The molecule has 0 bridgehead atoms. The summed E-state index contributed by atoms with van der Waals surface area (Å²) in [5, 5.41) is 9.78. The second-order valence-electron chi connectivity index (χ2n) is 3.65. The molecule has 0 radical (unpaired) electrons. The maximum atomic E-state index is 9.78. The summed E-state index contributed by atoms with van der Waals surface area (Å²) in [6.45, 7) is 3.09. The Balaban J connectivity index is 2.24. The van der Waals surface area contributed by atoms with E-state index < -0.39 is 6.10 Å². The van der Waals surface area contributed by atoms with Gasteiger partial charge in [0.25, 0.3) is 0 Å². The first kappa shape index (κ1) is 11.3. The van der Waals surface area contributed by atoms with Crippen LogP contribution in [0.1, 0.15) is 11.7 Å². The van der Waals surface area contributed by atoms with E-state index in [1.54, 1.807) is 6.20 Å². The molecule has 2 rings (SSSR count). The van der Waals surface area contributed by atoms with Crippen molar-refractivity contribution in [3.05, 3.63) is 18.1 Å². The van der Waals surface area contributed by atoms with Gasteiger partial charge in [0.1, 0.15) is 12.1 Å². The van der Waals surface area contributed by atoms with E-state index in [0.717, 1.165) is 18.9 Å². The van der Waals surface area contributed by atoms with Crippen LogP contribution in [-0.4, -0.2) is 47.9 Å². The van der Waals surface area contributed by atoms with Crippen molar-refractivity contribution in [1.82, 2.24) is 9.97 Å². The summed E-state index contributed by atoms with van der Waals surface area (Å²) < 4.78 is 5.28. The van der Waals surface area contributed by atoms with Crippen LogP contribution < -0.4 is 10.6 Å². The van der Waals surface area contributed by atoms with E-state index in [9.17, 15) is 5.11 Å². The lowest BCUT2D eigenvalue weighted by Crippen LogP contribution is -2.37. The van der Waals surface area contributed by atoms with E-state index in [4.69, 9.17) is 10.5 Å². The molecule has 1 atom stereocenters. The monoisotopic (exact) mass is 224 g/mol. The van der Waals surface area contributed by atoms with E-state index in [0.29, 0.717) is 18.8 Å². The molecular formula is C10H16N4O2. The van der Waals surface area contributed by atoms with Crippen molar-refractivity contribution in [2.24, 2.45) is 5.73 Å². The predicted molar refractivity (Wildman–Crippen MR) is 59.1 cm³/mol. The van der Waals surface area contributed by atoms with Crippen molar-refractivity contribution < 1.29 is 9.84 Å². The van der Waals surface area contributed by atoms with E-state index >= 15 is 0 Å². The molecule has 6 heteroatoms. The van der Waals surface area contributed by atoms with Crippen molar-refractivity contribution in [3.8, 4) is 0 Å². The summed E-state index contributed by atoms with van der Waals surface area (Å²) in [4.78, 5) is 10.2. The van der Waals surface area contributed by atoms with E-state index in [-0.39, 0.29) is 6.54 Å². The summed E-state index contributed by atoms with van der Waals surface area (Å²) >= 11 is 0. The minimum absolute atomic E-state index is 0.171. The van der Waals surface area contributed by atoms with Gasteiger partial charge in [-0.15, -0.1) is 0 Å². The molecule has 0 amide bonds. The molecule has 0 aromatic carbocycles. The minimum Gasteiger partial charge on any atom is -0.387 e. The number of hydrogen-bond acceptors (Lipinski definition) is 6. The molecular weight excluding hydrogens is 208 g/mol. The fraction of sp³-hybridized carbons (Fsp3) is 0.600. The van der Waals surface area contributed by atoms with Crippen molar-refractivity contribution >= 4 is 5.82 Å². The molecule has 1 saturated heterocycles. The highest BCUT2D eigenvalue weighted by Gasteiger charge is 2.19. The number of morpholine rings is 1. The van der Waals surface area contributed by atoms with Gasteiger partial charge in [-0.3, -0.25) is 0 Å². The van der Waals surface area contributed by atoms with E-state index in [1.807, 2.05) is 0 Å². The van der Waals surface area contributed by atoms with Gasteiger partial charge in [-0.25, -0.2) is 9.97 Å². The normalized spacial score (nSPS) is 18.5. The summed E-state index contributed by atoms with van der Waals surface area (Å²) in [5.74, 6) is 0.760. The van der Waals surface area contributed by atoms with Crippen LogP contribution in [-0.2, 0) is 4.74 Å². The molecule has 1 aromatic heterocycles. The van der Waals surface area contributed by atoms with Crippen LogP contribution in [0.4, 0.5) is 5.82 Å². The largest absolute Gasteiger partial charge is 0.387 e. The van der Waals surface area contributed by atoms with E-state index in [1.165, 1.54) is 6.33 Å². The highest BCUT2D eigenvalue weighted by Crippen LogP contribution is 2.22. The Morgan fingerprint density at radius 2 is 2.25 bits per heavy atom. The van der Waals surface area contributed by atoms with Gasteiger partial charge in [0.15, 0.2) is 0 Å². The molecule has 3 N–H and O–H groups in total. The van der Waals surface area contributed by atoms with Crippen molar-refractivity contribution in [2.75, 3.05) is 37.7 Å². The minimum atomic E-state index is -0.709. The van der Waals surface area contributed by atoms with E-state index in [2.05, 4.69) is 14.9 Å². The number of nitrogens with zero attached hydrogens (tertiary/aromatic N) is 3. The molecule has 2 heterocycles. The lowest BCUT2D eigenvalue weighted by atomic mass is 10.1. The average Bonchev–Trinajstić information content (AvgIpc) is 2.39. The number of ether oxygens (including phenoxy) is 1. The number of aliphatic hydroxyl groups is 1. The van der Waals surface area contributed by atoms with Crippen LogP contribution in [0.15, 0.2) is 12.5 Å². The molecule has 1 fully saturated rings. The lowest BCUT2D eigenvalue weighted by Gasteiger charge is -2.29. The Hall–Kier alpha value is -1.24. The molecule has 6 nitrogen and oxygen atoms in total. The van der Waals surface area contributed by atoms with Crippen LogP contribution in [0, 0.1) is 0 Å². The molecule has 0 spiro atoms. The maximum Gasteiger partial charge on any atom is 0.137 e. The number of aromatic nitrogens is 2. The van der Waals surface area contributed by atoms with Crippen LogP contribution in [0.2, 0.25) is 0 Å². The van der Waals surface area contributed by atoms with Crippen LogP contribution in [0.3, 0.4) is 0 Å². The SMILES string of the molecule is NCC(O)c1cncnc1N1CCOCC1. The van der Waals surface area contributed by atoms with Crippen LogP contribution in [0.5, 0.6) is 0 Å². The van der Waals surface area contributed by atoms with Gasteiger partial charge in [-0.2, -0.15) is 0 Å². The fourth-order valence-corrected chi connectivity index (χ4v) is 1.74. The third-order valence-corrected chi connectivity index (χ3v) is 2.61. The zero-order valence-corrected chi connectivity index (χ0v) is 9.04. The van der Waals surface area contributed by atoms with Crippen molar-refractivity contribution in [1.29, 1.82) is 0 Å². The predicted octanol–water partition coefficient (Wildman–Crippen LogP) is -0.695. The zero-order chi connectivity index (χ0) is 11.4. The highest BCUT2D eigenvalue weighted by molar-refractivity contribution is 5.47. The Kier molecular flexibility index (Phi) is 3.66. The topological polar surface area (TPSA) is 84.5 Å². The zero-order valence-electron chi connectivity index (χ0n) is 9.04. The first-order valence-corrected chi connectivity index (χ1v) is 5.33. The Morgan fingerprint density at radius 3 is 2.94 bits per heavy atom. The number of aliphatic hydroxyl groups excluding tert-OH is 1. The van der Waals surface area contributed by atoms with Gasteiger partial charge in [-0.1, -0.05) is 0 Å². The second kappa shape index (κ2) is 5.20. The number of rotatable bonds is 3. The van der Waals surface area contributed by atoms with Crippen molar-refractivity contribution in [3.63, 3.8) is 0 Å². The fourth-order valence-electron chi connectivity index (χ4n) is 1.74. The second-order valence-corrected chi connectivity index (χ2v) is 3.65. The van der Waals surface area contributed by atoms with Crippen LogP contribution >= 0.6 is 0 Å². The third kappa shape index (κ3) is 2.29. The van der Waals surface area contributed by atoms with Crippen LogP contribution in [0.25, 0.3) is 0 Å². The number of nitrogens with two attached hydrogens (primary N) is 1. The average molecular weight is 224 g/mol. The van der Waals surface area contributed by atoms with Gasteiger partial charge < -0.3 is 20.5 Å². The molecule has 88 valence electrons. The molecule has 1 aliphatic heterocycles. The van der Waals surface area contributed by atoms with Gasteiger partial charge in [0.05, 0.1) is 19.3 Å². The highest BCUT2D eigenvalue weighted by atomic mass is 16.5. The Labute approximate surface area is 94.1 Å². The van der Waals surface area contributed by atoms with Gasteiger partial charge in [0.2, 0.25) is 0 Å². The number of anilines is 1. The van der Waals surface area contributed by atoms with Crippen molar-refractivity contribution in [2.45, 2.75) is 6.10 Å². The lowest BCUT2D eigenvalue weighted by molar-refractivity contribution is 0.121. The molecule has 1 unspecified atom stereocenters. The molecule has 1 aliphatic rings. The maximum absolute atomic E-state index is 9.78. The quantitative estimate of drug-likeness (QED) is 0.706. The first-order chi connectivity index (χ1) is 7.83. The van der Waals surface area contributed by atoms with Gasteiger partial charge >= 0.3 is 0 Å². The summed E-state index contributed by atoms with van der Waals surface area (Å²) in [6, 6.07) is 0. The summed E-state index contributed by atoms with van der Waals surface area (Å²) in [6.07, 6.45) is 2.39.